The van der Waals surface area contributed by atoms with Gasteiger partial charge in [-0.2, -0.15) is 0 Å². The van der Waals surface area contributed by atoms with Crippen molar-refractivity contribution in [2.45, 2.75) is 280 Å². The fourth-order valence-electron chi connectivity index (χ4n) is 9.13. The zero-order chi connectivity index (χ0) is 55.1. The number of carbonyl (C=O) groups is 1. The number of aliphatic hydroxyl groups excluding tert-OH is 7. The maximum Gasteiger partial charge on any atom is 0.306 e. The standard InChI is InChI=1S/C62H108O14/c1-3-5-7-9-11-13-15-17-19-21-22-23-24-25-26-27-28-29-30-32-34-36-38-40-42-44-46-71-48-51(74-54(64)45-43-41-39-37-35-33-31-20-18-16-14-12-10-8-6-4-2)49-72-61-60(70)58(68)56(66)53(76-61)50-73-62-59(69)57(67)55(65)52(47-63)75-62/h5,7,11,13,17,19-20,22-23,25-26,31,51-53,55-63,65-70H,3-4,6,8-10,12,14-16,18,21,24,27-30,32-50H2,1-2H3/b7-5-,13-11-,19-17-,23-22-,26-25-,31-20-. The zero-order valence-corrected chi connectivity index (χ0v) is 47.2. The van der Waals surface area contributed by atoms with Crippen LogP contribution in [-0.4, -0.2) is 142 Å². The Labute approximate surface area is 459 Å². The topological polar surface area (TPSA) is 214 Å². The van der Waals surface area contributed by atoms with Gasteiger partial charge in [0.15, 0.2) is 12.6 Å². The highest BCUT2D eigenvalue weighted by molar-refractivity contribution is 5.69. The largest absolute Gasteiger partial charge is 0.457 e. The molecule has 2 rings (SSSR count). The lowest BCUT2D eigenvalue weighted by Gasteiger charge is -2.42. The van der Waals surface area contributed by atoms with Gasteiger partial charge in [0.05, 0.1) is 26.4 Å². The summed E-state index contributed by atoms with van der Waals surface area (Å²) in [5.41, 5.74) is 0. The zero-order valence-electron chi connectivity index (χ0n) is 47.2. The molecule has 0 aromatic heterocycles. The summed E-state index contributed by atoms with van der Waals surface area (Å²) in [6.07, 6.45) is 45.3. The van der Waals surface area contributed by atoms with Gasteiger partial charge in [-0.3, -0.25) is 4.79 Å². The van der Waals surface area contributed by atoms with E-state index >= 15 is 0 Å². The van der Waals surface area contributed by atoms with Crippen LogP contribution >= 0.6 is 0 Å². The van der Waals surface area contributed by atoms with Gasteiger partial charge in [0.1, 0.15) is 54.9 Å². The third-order valence-electron chi connectivity index (χ3n) is 13.9. The second-order valence-electron chi connectivity index (χ2n) is 20.8. The van der Waals surface area contributed by atoms with Gasteiger partial charge in [0.25, 0.3) is 0 Å². The summed E-state index contributed by atoms with van der Waals surface area (Å²) >= 11 is 0. The number of ether oxygens (including phenoxy) is 6. The molecule has 440 valence electrons. The summed E-state index contributed by atoms with van der Waals surface area (Å²) < 4.78 is 34.4. The van der Waals surface area contributed by atoms with Gasteiger partial charge >= 0.3 is 5.97 Å². The van der Waals surface area contributed by atoms with Gasteiger partial charge in [-0.25, -0.2) is 0 Å². The molecule has 11 unspecified atom stereocenters. The molecule has 2 aliphatic rings. The van der Waals surface area contributed by atoms with Gasteiger partial charge in [-0.05, 0) is 83.5 Å². The normalized spacial score (nSPS) is 25.0. The summed E-state index contributed by atoms with van der Waals surface area (Å²) in [6.45, 7) is 3.56. The molecule has 0 bridgehead atoms. The molecule has 2 saturated heterocycles. The van der Waals surface area contributed by atoms with Crippen molar-refractivity contribution >= 4 is 5.97 Å². The quantitative estimate of drug-likeness (QED) is 0.0172. The number of carbonyl (C=O) groups excluding carboxylic acids is 1. The highest BCUT2D eigenvalue weighted by atomic mass is 16.7. The molecule has 0 aromatic rings. The van der Waals surface area contributed by atoms with Crippen molar-refractivity contribution in [1.29, 1.82) is 0 Å². The van der Waals surface area contributed by atoms with E-state index in [9.17, 15) is 40.5 Å². The number of hydrogen-bond donors (Lipinski definition) is 7. The van der Waals surface area contributed by atoms with Crippen LogP contribution in [0.3, 0.4) is 0 Å². The highest BCUT2D eigenvalue weighted by Crippen LogP contribution is 2.27. The van der Waals surface area contributed by atoms with Crippen LogP contribution < -0.4 is 0 Å². The molecule has 14 nitrogen and oxygen atoms in total. The Morgan fingerprint density at radius 2 is 0.855 bits per heavy atom. The lowest BCUT2D eigenvalue weighted by atomic mass is 9.98. The monoisotopic (exact) mass is 1080 g/mol. The Hall–Kier alpha value is -2.57. The minimum Gasteiger partial charge on any atom is -0.457 e. The number of hydrogen-bond acceptors (Lipinski definition) is 14. The number of allylic oxidation sites excluding steroid dienone is 12. The fourth-order valence-corrected chi connectivity index (χ4v) is 9.13. The van der Waals surface area contributed by atoms with Crippen molar-refractivity contribution < 1.29 is 69.0 Å². The van der Waals surface area contributed by atoms with E-state index in [4.69, 9.17) is 28.4 Å². The molecule has 76 heavy (non-hydrogen) atoms. The van der Waals surface area contributed by atoms with Gasteiger partial charge in [0.2, 0.25) is 0 Å². The van der Waals surface area contributed by atoms with Crippen molar-refractivity contribution in [1.82, 2.24) is 0 Å². The Morgan fingerprint density at radius 3 is 1.36 bits per heavy atom. The van der Waals surface area contributed by atoms with Crippen molar-refractivity contribution in [2.75, 3.05) is 33.0 Å². The van der Waals surface area contributed by atoms with E-state index < -0.39 is 80.7 Å². The first-order chi connectivity index (χ1) is 37.1. The van der Waals surface area contributed by atoms with Crippen LogP contribution in [0.4, 0.5) is 0 Å². The molecule has 2 aliphatic heterocycles. The summed E-state index contributed by atoms with van der Waals surface area (Å²) in [6, 6.07) is 0. The van der Waals surface area contributed by atoms with E-state index in [1.807, 2.05) is 0 Å². The molecule has 2 heterocycles. The maximum atomic E-state index is 13.1. The van der Waals surface area contributed by atoms with E-state index in [-0.39, 0.29) is 25.6 Å². The minimum atomic E-state index is -1.71. The van der Waals surface area contributed by atoms with E-state index in [0.29, 0.717) is 13.0 Å². The van der Waals surface area contributed by atoms with Crippen molar-refractivity contribution in [3.63, 3.8) is 0 Å². The maximum absolute atomic E-state index is 13.1. The lowest BCUT2D eigenvalue weighted by Crippen LogP contribution is -2.61. The van der Waals surface area contributed by atoms with Crippen LogP contribution in [0, 0.1) is 0 Å². The molecular weight excluding hydrogens is 969 g/mol. The molecule has 14 heteroatoms. The molecule has 0 amide bonds. The van der Waals surface area contributed by atoms with Crippen molar-refractivity contribution in [3.05, 3.63) is 72.9 Å². The average molecular weight is 1080 g/mol. The number of unbranched alkanes of at least 4 members (excludes halogenated alkanes) is 22. The van der Waals surface area contributed by atoms with Crippen LogP contribution in [0.25, 0.3) is 0 Å². The molecule has 11 atom stereocenters. The number of esters is 1. The molecule has 0 spiro atoms. The SMILES string of the molecule is CC/C=C\C/C=C\C/C=C\C/C=C\C/C=C\CCCCCCCCCCCCOCC(COC1OC(COC2OC(CO)C(O)C(O)C2O)C(O)C(O)C1O)OC(=O)CCCCCCC/C=C\CCCCCCCCC. The van der Waals surface area contributed by atoms with E-state index in [1.165, 1.54) is 89.9 Å². The van der Waals surface area contributed by atoms with Crippen LogP contribution in [0.15, 0.2) is 72.9 Å². The van der Waals surface area contributed by atoms with Crippen LogP contribution in [-0.2, 0) is 33.2 Å². The number of rotatable bonds is 48. The van der Waals surface area contributed by atoms with Crippen molar-refractivity contribution in [3.8, 4) is 0 Å². The summed E-state index contributed by atoms with van der Waals surface area (Å²) in [5.74, 6) is -0.387. The molecule has 2 fully saturated rings. The van der Waals surface area contributed by atoms with E-state index in [1.54, 1.807) is 0 Å². The van der Waals surface area contributed by atoms with Gasteiger partial charge in [0, 0.05) is 13.0 Å². The lowest BCUT2D eigenvalue weighted by molar-refractivity contribution is -0.332. The third kappa shape index (κ3) is 34.4. The summed E-state index contributed by atoms with van der Waals surface area (Å²) in [7, 11) is 0. The molecule has 0 radical (unpaired) electrons. The second-order valence-corrected chi connectivity index (χ2v) is 20.8. The second kappa shape index (κ2) is 48.3. The molecular formula is C62H108O14. The van der Waals surface area contributed by atoms with Gasteiger partial charge in [-0.15, -0.1) is 0 Å². The smallest absolute Gasteiger partial charge is 0.306 e. The van der Waals surface area contributed by atoms with Crippen LogP contribution in [0.1, 0.15) is 213 Å². The number of aliphatic hydroxyl groups is 7. The minimum absolute atomic E-state index is 0.0525. The summed E-state index contributed by atoms with van der Waals surface area (Å²) in [5, 5.41) is 72.4. The fraction of sp³-hybridized carbons (Fsp3) is 0.790. The Balaban J connectivity index is 1.69. The molecule has 7 N–H and O–H groups in total. The van der Waals surface area contributed by atoms with Crippen molar-refractivity contribution in [2.24, 2.45) is 0 Å². The van der Waals surface area contributed by atoms with Crippen LogP contribution in [0.5, 0.6) is 0 Å². The first-order valence-electron chi connectivity index (χ1n) is 30.0. The van der Waals surface area contributed by atoms with E-state index in [0.717, 1.165) is 96.3 Å². The first-order valence-corrected chi connectivity index (χ1v) is 30.0. The Kier molecular flexibility index (Phi) is 44.2. The predicted octanol–water partition coefficient (Wildman–Crippen LogP) is 11.0. The predicted molar refractivity (Wildman–Crippen MR) is 302 cm³/mol. The van der Waals surface area contributed by atoms with Gasteiger partial charge in [-0.1, -0.05) is 196 Å². The Bertz CT molecular complexity index is 1530. The molecule has 0 saturated carbocycles. The molecule has 0 aromatic carbocycles. The third-order valence-corrected chi connectivity index (χ3v) is 13.9. The summed E-state index contributed by atoms with van der Waals surface area (Å²) in [4.78, 5) is 13.1. The highest BCUT2D eigenvalue weighted by Gasteiger charge is 2.47. The first kappa shape index (κ1) is 69.5. The molecule has 0 aliphatic carbocycles. The van der Waals surface area contributed by atoms with Crippen LogP contribution in [0.2, 0.25) is 0 Å². The Morgan fingerprint density at radius 1 is 0.447 bits per heavy atom. The average Bonchev–Trinajstić information content (AvgIpc) is 3.42. The van der Waals surface area contributed by atoms with Gasteiger partial charge < -0.3 is 64.2 Å². The van der Waals surface area contributed by atoms with E-state index in [2.05, 4.69) is 86.8 Å².